The van der Waals surface area contributed by atoms with E-state index in [-0.39, 0.29) is 5.91 Å². The highest BCUT2D eigenvalue weighted by Gasteiger charge is 2.25. The summed E-state index contributed by atoms with van der Waals surface area (Å²) >= 11 is 14.0. The molecule has 1 N–H and O–H groups in total. The lowest BCUT2D eigenvalue weighted by atomic mass is 10.1. The molecule has 1 fully saturated rings. The number of benzene rings is 2. The predicted molar refractivity (Wildman–Crippen MR) is 127 cm³/mol. The number of rotatable bonds is 4. The van der Waals surface area contributed by atoms with Crippen LogP contribution < -0.4 is 10.3 Å². The molecule has 0 unspecified atom stereocenters. The highest BCUT2D eigenvalue weighted by Crippen LogP contribution is 2.38. The van der Waals surface area contributed by atoms with Gasteiger partial charge < -0.3 is 9.80 Å². The minimum atomic E-state index is 0.0172. The lowest BCUT2D eigenvalue weighted by Gasteiger charge is -2.36. The van der Waals surface area contributed by atoms with Crippen LogP contribution in [0.5, 0.6) is 0 Å². The summed E-state index contributed by atoms with van der Waals surface area (Å²) in [5.41, 5.74) is 6.34. The Balaban J connectivity index is 1.52. The number of piperazine rings is 1. The maximum atomic E-state index is 12.8. The quantitative estimate of drug-likeness (QED) is 0.418. The van der Waals surface area contributed by atoms with Gasteiger partial charge in [-0.1, -0.05) is 34.5 Å². The topological polar surface area (TPSA) is 60.8 Å². The number of hydrogen-bond donors (Lipinski definition) is 1. The summed E-state index contributed by atoms with van der Waals surface area (Å²) in [5, 5.41) is 6.24. The molecule has 0 spiro atoms. The molecule has 0 aliphatic carbocycles. The molecule has 1 aromatic heterocycles. The van der Waals surface area contributed by atoms with Gasteiger partial charge in [0.2, 0.25) is 5.13 Å². The Bertz CT molecular complexity index is 1100. The highest BCUT2D eigenvalue weighted by molar-refractivity contribution is 7.22. The molecule has 4 rings (SSSR count). The molecular formula is C21H21Cl2N5OS. The fraction of sp³-hybridized carbons (Fsp3) is 0.286. The molecule has 1 saturated heterocycles. The number of carbonyl (C=O) groups is 1. The van der Waals surface area contributed by atoms with Gasteiger partial charge in [-0.3, -0.25) is 10.2 Å². The van der Waals surface area contributed by atoms with Crippen molar-refractivity contribution in [3.63, 3.8) is 0 Å². The standard InChI is InChI=1S/C21H21Cl2N5OS/c1-13(2)25-26-21-24-18-17(30-21)8-7-16(23)19(18)27-9-11-28(12-10-27)20(29)14-3-5-15(22)6-4-14/h3-8H,9-12H2,1-2H3,(H,24,26). The molecule has 3 aromatic rings. The molecule has 0 bridgehead atoms. The Hall–Kier alpha value is -2.35. The van der Waals surface area contributed by atoms with Crippen LogP contribution in [0.2, 0.25) is 10.0 Å². The minimum absolute atomic E-state index is 0.0172. The maximum Gasteiger partial charge on any atom is 0.253 e. The van der Waals surface area contributed by atoms with E-state index >= 15 is 0 Å². The van der Waals surface area contributed by atoms with E-state index < -0.39 is 0 Å². The smallest absolute Gasteiger partial charge is 0.253 e. The molecule has 6 nitrogen and oxygen atoms in total. The lowest BCUT2D eigenvalue weighted by Crippen LogP contribution is -2.49. The van der Waals surface area contributed by atoms with E-state index in [0.717, 1.165) is 26.7 Å². The van der Waals surface area contributed by atoms with E-state index in [1.165, 1.54) is 0 Å². The fourth-order valence-electron chi connectivity index (χ4n) is 3.37. The first-order chi connectivity index (χ1) is 14.4. The highest BCUT2D eigenvalue weighted by atomic mass is 35.5. The number of hydrogen-bond acceptors (Lipinski definition) is 6. The number of nitrogens with one attached hydrogen (secondary N) is 1. The summed E-state index contributed by atoms with van der Waals surface area (Å²) in [4.78, 5) is 21.5. The van der Waals surface area contributed by atoms with Crippen LogP contribution in [0, 0.1) is 0 Å². The molecule has 0 atom stereocenters. The van der Waals surface area contributed by atoms with Gasteiger partial charge in [0.25, 0.3) is 5.91 Å². The van der Waals surface area contributed by atoms with Crippen LogP contribution in [-0.2, 0) is 0 Å². The number of thiazole rings is 1. The average molecular weight is 462 g/mol. The number of aromatic nitrogens is 1. The van der Waals surface area contributed by atoms with E-state index in [1.54, 1.807) is 35.6 Å². The van der Waals surface area contributed by atoms with Crippen molar-refractivity contribution in [2.45, 2.75) is 13.8 Å². The minimum Gasteiger partial charge on any atom is -0.365 e. The van der Waals surface area contributed by atoms with Gasteiger partial charge in [-0.15, -0.1) is 0 Å². The summed E-state index contributed by atoms with van der Waals surface area (Å²) in [5.74, 6) is 0.0172. The predicted octanol–water partition coefficient (Wildman–Crippen LogP) is 5.37. The largest absolute Gasteiger partial charge is 0.365 e. The molecule has 2 heterocycles. The van der Waals surface area contributed by atoms with Gasteiger partial charge in [-0.25, -0.2) is 4.98 Å². The van der Waals surface area contributed by atoms with Crippen molar-refractivity contribution in [1.29, 1.82) is 0 Å². The first kappa shape index (κ1) is 20.9. The average Bonchev–Trinajstić information content (AvgIpc) is 3.15. The normalized spacial score (nSPS) is 14.1. The first-order valence-electron chi connectivity index (χ1n) is 9.58. The summed E-state index contributed by atoms with van der Waals surface area (Å²) in [6, 6.07) is 10.9. The Labute approximate surface area is 189 Å². The number of anilines is 2. The Kier molecular flexibility index (Phi) is 6.13. The second-order valence-electron chi connectivity index (χ2n) is 7.22. The zero-order valence-corrected chi connectivity index (χ0v) is 19.0. The number of carbonyl (C=O) groups excluding carboxylic acids is 1. The van der Waals surface area contributed by atoms with Crippen LogP contribution in [0.25, 0.3) is 10.2 Å². The molecule has 1 amide bonds. The van der Waals surface area contributed by atoms with Crippen molar-refractivity contribution < 1.29 is 4.79 Å². The summed E-state index contributed by atoms with van der Waals surface area (Å²) < 4.78 is 1.04. The fourth-order valence-corrected chi connectivity index (χ4v) is 4.58. The van der Waals surface area contributed by atoms with Gasteiger partial charge in [0, 0.05) is 42.5 Å². The van der Waals surface area contributed by atoms with Crippen molar-refractivity contribution in [3.8, 4) is 0 Å². The molecular weight excluding hydrogens is 441 g/mol. The van der Waals surface area contributed by atoms with Crippen LogP contribution in [0.3, 0.4) is 0 Å². The van der Waals surface area contributed by atoms with Crippen molar-refractivity contribution in [2.24, 2.45) is 5.10 Å². The zero-order chi connectivity index (χ0) is 21.3. The van der Waals surface area contributed by atoms with E-state index in [0.29, 0.717) is 41.8 Å². The van der Waals surface area contributed by atoms with Crippen LogP contribution in [-0.4, -0.2) is 47.7 Å². The molecule has 2 aromatic carbocycles. The third-order valence-corrected chi connectivity index (χ3v) is 6.32. The number of nitrogens with zero attached hydrogens (tertiary/aromatic N) is 4. The second kappa shape index (κ2) is 8.79. The molecule has 0 saturated carbocycles. The summed E-state index contributed by atoms with van der Waals surface area (Å²) in [6.45, 7) is 6.45. The van der Waals surface area contributed by atoms with E-state index in [2.05, 4.69) is 15.4 Å². The molecule has 156 valence electrons. The summed E-state index contributed by atoms with van der Waals surface area (Å²) in [7, 11) is 0. The SMILES string of the molecule is CC(C)=NNc1nc2c(N3CCN(C(=O)c4ccc(Cl)cc4)CC3)c(Cl)ccc2s1. The van der Waals surface area contributed by atoms with Gasteiger partial charge in [0.15, 0.2) is 0 Å². The third-order valence-electron chi connectivity index (χ3n) is 4.83. The number of amides is 1. The van der Waals surface area contributed by atoms with Gasteiger partial charge in [0.05, 0.1) is 15.4 Å². The summed E-state index contributed by atoms with van der Waals surface area (Å²) in [6.07, 6.45) is 0. The van der Waals surface area contributed by atoms with Gasteiger partial charge in [0.1, 0.15) is 5.52 Å². The van der Waals surface area contributed by atoms with Crippen molar-refractivity contribution >= 4 is 67.2 Å². The van der Waals surface area contributed by atoms with Crippen LogP contribution >= 0.6 is 34.5 Å². The number of fused-ring (bicyclic) bond motifs is 1. The number of hydrazone groups is 1. The molecule has 30 heavy (non-hydrogen) atoms. The zero-order valence-electron chi connectivity index (χ0n) is 16.7. The lowest BCUT2D eigenvalue weighted by molar-refractivity contribution is 0.0747. The van der Waals surface area contributed by atoms with Gasteiger partial charge in [-0.05, 0) is 50.2 Å². The van der Waals surface area contributed by atoms with Crippen LogP contribution in [0.4, 0.5) is 10.8 Å². The first-order valence-corrected chi connectivity index (χ1v) is 11.2. The van der Waals surface area contributed by atoms with Crippen molar-refractivity contribution in [2.75, 3.05) is 36.5 Å². The Morgan fingerprint density at radius 2 is 1.77 bits per heavy atom. The maximum absolute atomic E-state index is 12.8. The number of halogens is 2. The van der Waals surface area contributed by atoms with E-state index in [9.17, 15) is 4.79 Å². The molecule has 1 aliphatic heterocycles. The molecule has 9 heteroatoms. The Morgan fingerprint density at radius 1 is 1.07 bits per heavy atom. The van der Waals surface area contributed by atoms with Crippen LogP contribution in [0.1, 0.15) is 24.2 Å². The van der Waals surface area contributed by atoms with Crippen LogP contribution in [0.15, 0.2) is 41.5 Å². The molecule has 0 radical (unpaired) electrons. The van der Waals surface area contributed by atoms with Crippen molar-refractivity contribution in [1.82, 2.24) is 9.88 Å². The van der Waals surface area contributed by atoms with E-state index in [4.69, 9.17) is 28.2 Å². The Morgan fingerprint density at radius 3 is 2.43 bits per heavy atom. The van der Waals surface area contributed by atoms with E-state index in [1.807, 2.05) is 30.9 Å². The second-order valence-corrected chi connectivity index (χ2v) is 9.09. The van der Waals surface area contributed by atoms with Gasteiger partial charge in [-0.2, -0.15) is 5.10 Å². The molecule has 1 aliphatic rings. The van der Waals surface area contributed by atoms with Crippen molar-refractivity contribution in [3.05, 3.63) is 52.0 Å². The monoisotopic (exact) mass is 461 g/mol. The van der Waals surface area contributed by atoms with Gasteiger partial charge >= 0.3 is 0 Å². The third kappa shape index (κ3) is 4.38.